The molecule has 0 spiro atoms. The fourth-order valence-electron chi connectivity index (χ4n) is 1.86. The average molecular weight is 313 g/mol. The van der Waals surface area contributed by atoms with Gasteiger partial charge in [-0.3, -0.25) is 9.98 Å². The molecule has 106 valence electrons. The predicted molar refractivity (Wildman–Crippen MR) is 81.7 cm³/mol. The van der Waals surface area contributed by atoms with Gasteiger partial charge >= 0.3 is 5.97 Å². The van der Waals surface area contributed by atoms with Gasteiger partial charge in [0.25, 0.3) is 0 Å². The Morgan fingerprint density at radius 1 is 1.40 bits per heavy atom. The molecule has 0 fully saturated rings. The van der Waals surface area contributed by atoms with Gasteiger partial charge < -0.3 is 4.74 Å². The number of para-hydroxylation sites is 1. The Hall–Kier alpha value is -1.39. The number of hydrogen-bond donors (Lipinski definition) is 0. The zero-order valence-electron chi connectivity index (χ0n) is 11.0. The Bertz CT molecular complexity index is 562. The molecule has 0 aliphatic carbocycles. The van der Waals surface area contributed by atoms with Crippen LogP contribution in [0.15, 0.2) is 28.2 Å². The largest absolute Gasteiger partial charge is 0.462 e. The normalized spacial score (nSPS) is 16.9. The quantitative estimate of drug-likeness (QED) is 0.796. The highest BCUT2D eigenvalue weighted by Crippen LogP contribution is 2.33. The SMILES string of the molecule is CCOC(=O)C1=NCCC(=Nc2c(Cl)cccc2Cl)C1. The fraction of sp³-hybridized carbons (Fsp3) is 0.357. The molecule has 2 rings (SSSR count). The van der Waals surface area contributed by atoms with Gasteiger partial charge in [-0.25, -0.2) is 4.79 Å². The van der Waals surface area contributed by atoms with Gasteiger partial charge in [0.15, 0.2) is 0 Å². The first-order chi connectivity index (χ1) is 9.61. The second-order valence-corrected chi connectivity index (χ2v) is 5.04. The lowest BCUT2D eigenvalue weighted by molar-refractivity contribution is -0.135. The summed E-state index contributed by atoms with van der Waals surface area (Å²) in [5.41, 5.74) is 1.77. The van der Waals surface area contributed by atoms with Crippen LogP contribution in [0.25, 0.3) is 0 Å². The lowest BCUT2D eigenvalue weighted by Gasteiger charge is -2.14. The number of benzene rings is 1. The Balaban J connectivity index is 2.21. The molecule has 1 aromatic rings. The number of rotatable bonds is 3. The molecule has 1 aromatic carbocycles. The smallest absolute Gasteiger partial charge is 0.352 e. The van der Waals surface area contributed by atoms with Crippen molar-refractivity contribution in [1.29, 1.82) is 0 Å². The second-order valence-electron chi connectivity index (χ2n) is 4.22. The highest BCUT2D eigenvalue weighted by atomic mass is 35.5. The number of halogens is 2. The van der Waals surface area contributed by atoms with E-state index in [0.29, 0.717) is 47.4 Å². The molecule has 0 N–H and O–H groups in total. The summed E-state index contributed by atoms with van der Waals surface area (Å²) in [6, 6.07) is 5.23. The van der Waals surface area contributed by atoms with E-state index >= 15 is 0 Å². The minimum atomic E-state index is -0.384. The fourth-order valence-corrected chi connectivity index (χ4v) is 2.34. The maximum absolute atomic E-state index is 11.7. The van der Waals surface area contributed by atoms with Gasteiger partial charge in [-0.1, -0.05) is 29.3 Å². The van der Waals surface area contributed by atoms with E-state index in [1.807, 2.05) is 0 Å². The van der Waals surface area contributed by atoms with Gasteiger partial charge in [0.1, 0.15) is 11.4 Å². The van der Waals surface area contributed by atoms with Crippen LogP contribution in [0.4, 0.5) is 5.69 Å². The summed E-state index contributed by atoms with van der Waals surface area (Å²) in [5.74, 6) is -0.384. The van der Waals surface area contributed by atoms with E-state index in [0.717, 1.165) is 5.71 Å². The number of hydrogen-bond acceptors (Lipinski definition) is 4. The Morgan fingerprint density at radius 3 is 2.75 bits per heavy atom. The predicted octanol–water partition coefficient (Wildman–Crippen LogP) is 3.86. The molecule has 0 saturated heterocycles. The molecule has 1 aliphatic heterocycles. The minimum Gasteiger partial charge on any atom is -0.462 e. The molecule has 1 aliphatic rings. The van der Waals surface area contributed by atoms with Crippen molar-refractivity contribution in [2.75, 3.05) is 13.2 Å². The van der Waals surface area contributed by atoms with E-state index in [4.69, 9.17) is 27.9 Å². The van der Waals surface area contributed by atoms with Gasteiger partial charge in [-0.05, 0) is 19.1 Å². The van der Waals surface area contributed by atoms with E-state index in [9.17, 15) is 4.79 Å². The lowest BCUT2D eigenvalue weighted by atomic mass is 10.1. The number of esters is 1. The van der Waals surface area contributed by atoms with Gasteiger partial charge in [0.05, 0.1) is 16.7 Å². The van der Waals surface area contributed by atoms with Crippen molar-refractivity contribution >= 4 is 46.3 Å². The summed E-state index contributed by atoms with van der Waals surface area (Å²) in [6.45, 7) is 2.62. The third kappa shape index (κ3) is 3.58. The number of ether oxygens (including phenoxy) is 1. The summed E-state index contributed by atoms with van der Waals surface area (Å²) >= 11 is 12.2. The van der Waals surface area contributed by atoms with Gasteiger partial charge in [0, 0.05) is 25.1 Å². The lowest BCUT2D eigenvalue weighted by Crippen LogP contribution is -2.25. The molecule has 1 heterocycles. The molecular weight excluding hydrogens is 299 g/mol. The maximum atomic E-state index is 11.7. The minimum absolute atomic E-state index is 0.334. The van der Waals surface area contributed by atoms with Crippen LogP contribution >= 0.6 is 23.2 Å². The summed E-state index contributed by atoms with van der Waals surface area (Å²) < 4.78 is 4.95. The Morgan fingerprint density at radius 2 is 2.10 bits per heavy atom. The van der Waals surface area contributed by atoms with Crippen molar-refractivity contribution in [3.8, 4) is 0 Å². The van der Waals surface area contributed by atoms with Crippen LogP contribution < -0.4 is 0 Å². The zero-order chi connectivity index (χ0) is 14.5. The molecule has 0 atom stereocenters. The molecule has 0 bridgehead atoms. The standard InChI is InChI=1S/C14H14Cl2N2O2/c1-2-20-14(19)12-8-9(6-7-17-12)18-13-10(15)4-3-5-11(13)16/h3-5H,2,6-8H2,1H3. The monoisotopic (exact) mass is 312 g/mol. The summed E-state index contributed by atoms with van der Waals surface area (Å²) in [7, 11) is 0. The molecule has 0 saturated carbocycles. The molecule has 0 amide bonds. The van der Waals surface area contributed by atoms with Gasteiger partial charge in [-0.15, -0.1) is 0 Å². The molecule has 4 nitrogen and oxygen atoms in total. The molecule has 20 heavy (non-hydrogen) atoms. The number of aliphatic imine (C=N–C) groups is 2. The number of carbonyl (C=O) groups excluding carboxylic acids is 1. The van der Waals surface area contributed by atoms with Gasteiger partial charge in [0.2, 0.25) is 0 Å². The highest BCUT2D eigenvalue weighted by Gasteiger charge is 2.19. The van der Waals surface area contributed by atoms with E-state index in [-0.39, 0.29) is 5.97 Å². The third-order valence-corrected chi connectivity index (χ3v) is 3.40. The van der Waals surface area contributed by atoms with Crippen molar-refractivity contribution in [2.24, 2.45) is 9.98 Å². The van der Waals surface area contributed by atoms with Crippen LogP contribution in [0.1, 0.15) is 19.8 Å². The first kappa shape index (κ1) is 15.0. The van der Waals surface area contributed by atoms with Crippen LogP contribution in [0, 0.1) is 0 Å². The van der Waals surface area contributed by atoms with Crippen LogP contribution in [0.3, 0.4) is 0 Å². The van der Waals surface area contributed by atoms with Crippen LogP contribution in [0.5, 0.6) is 0 Å². The van der Waals surface area contributed by atoms with Crippen molar-refractivity contribution < 1.29 is 9.53 Å². The average Bonchev–Trinajstić information content (AvgIpc) is 2.44. The first-order valence-corrected chi connectivity index (χ1v) is 7.08. The van der Waals surface area contributed by atoms with Crippen molar-refractivity contribution in [2.45, 2.75) is 19.8 Å². The van der Waals surface area contributed by atoms with E-state index < -0.39 is 0 Å². The summed E-state index contributed by atoms with van der Waals surface area (Å²) in [4.78, 5) is 20.3. The van der Waals surface area contributed by atoms with E-state index in [1.54, 1.807) is 25.1 Å². The molecule has 0 unspecified atom stereocenters. The Labute approximate surface area is 127 Å². The summed E-state index contributed by atoms with van der Waals surface area (Å²) in [6.07, 6.45) is 1.06. The van der Waals surface area contributed by atoms with E-state index in [2.05, 4.69) is 9.98 Å². The van der Waals surface area contributed by atoms with Gasteiger partial charge in [-0.2, -0.15) is 0 Å². The van der Waals surface area contributed by atoms with Crippen molar-refractivity contribution in [1.82, 2.24) is 0 Å². The second kappa shape index (κ2) is 6.86. The van der Waals surface area contributed by atoms with Crippen LogP contribution in [-0.2, 0) is 9.53 Å². The summed E-state index contributed by atoms with van der Waals surface area (Å²) in [5, 5.41) is 0.982. The zero-order valence-corrected chi connectivity index (χ0v) is 12.5. The van der Waals surface area contributed by atoms with Crippen LogP contribution in [-0.4, -0.2) is 30.5 Å². The number of nitrogens with zero attached hydrogens (tertiary/aromatic N) is 2. The Kier molecular flexibility index (Phi) is 5.15. The number of carbonyl (C=O) groups is 1. The van der Waals surface area contributed by atoms with Crippen LogP contribution in [0.2, 0.25) is 10.0 Å². The maximum Gasteiger partial charge on any atom is 0.352 e. The topological polar surface area (TPSA) is 51.0 Å². The van der Waals surface area contributed by atoms with Crippen molar-refractivity contribution in [3.63, 3.8) is 0 Å². The first-order valence-electron chi connectivity index (χ1n) is 6.32. The third-order valence-electron chi connectivity index (χ3n) is 2.79. The molecule has 0 aromatic heterocycles. The molecule has 0 radical (unpaired) electrons. The highest BCUT2D eigenvalue weighted by molar-refractivity contribution is 6.41. The van der Waals surface area contributed by atoms with E-state index in [1.165, 1.54) is 0 Å². The van der Waals surface area contributed by atoms with Crippen molar-refractivity contribution in [3.05, 3.63) is 28.2 Å². The molecular formula is C14H14Cl2N2O2. The molecule has 6 heteroatoms.